The zero-order valence-corrected chi connectivity index (χ0v) is 33.1. The number of methoxy groups -OCH3 is 3. The molecule has 11 nitrogen and oxygen atoms in total. The normalized spacial score (nSPS) is 27.8. The second kappa shape index (κ2) is 16.5. The van der Waals surface area contributed by atoms with E-state index in [1.807, 2.05) is 23.6 Å². The number of amides is 2. The molecule has 54 heavy (non-hydrogen) atoms. The summed E-state index contributed by atoms with van der Waals surface area (Å²) in [6.45, 7) is 4.36. The van der Waals surface area contributed by atoms with Crippen LogP contribution in [0.5, 0.6) is 11.5 Å². The first-order valence-corrected chi connectivity index (χ1v) is 21.0. The summed E-state index contributed by atoms with van der Waals surface area (Å²) in [5, 5.41) is 0.709. The van der Waals surface area contributed by atoms with Crippen molar-refractivity contribution in [3.8, 4) is 11.5 Å². The minimum absolute atomic E-state index is 0.0249. The van der Waals surface area contributed by atoms with Crippen LogP contribution in [0.25, 0.3) is 0 Å². The molecule has 4 heterocycles. The zero-order chi connectivity index (χ0) is 38.0. The number of aromatic nitrogens is 1. The van der Waals surface area contributed by atoms with Crippen molar-refractivity contribution in [1.82, 2.24) is 9.29 Å². The molecule has 13 heteroatoms. The Hall–Kier alpha value is -3.84. The van der Waals surface area contributed by atoms with Gasteiger partial charge in [-0.25, -0.2) is 4.21 Å². The van der Waals surface area contributed by atoms with Crippen LogP contribution in [0.4, 0.5) is 5.69 Å². The lowest BCUT2D eigenvalue weighted by molar-refractivity contribution is 0.0133. The molecular formula is C41H51ClN4O7S. The third kappa shape index (κ3) is 8.22. The number of ether oxygens (including phenoxy) is 4. The summed E-state index contributed by atoms with van der Waals surface area (Å²) < 4.78 is 47.4. The van der Waals surface area contributed by atoms with E-state index in [1.165, 1.54) is 18.2 Å². The highest BCUT2D eigenvalue weighted by atomic mass is 35.5. The van der Waals surface area contributed by atoms with Crippen molar-refractivity contribution in [2.24, 2.45) is 22.1 Å². The number of aryl methyl sites for hydroxylation is 1. The summed E-state index contributed by atoms with van der Waals surface area (Å²) >= 11 is 6.48. The van der Waals surface area contributed by atoms with Gasteiger partial charge in [-0.1, -0.05) is 36.7 Å². The summed E-state index contributed by atoms with van der Waals surface area (Å²) in [6, 6.07) is 11.4. The van der Waals surface area contributed by atoms with E-state index in [2.05, 4.69) is 38.3 Å². The maximum atomic E-state index is 14.8. The Morgan fingerprint density at radius 3 is 2.67 bits per heavy atom. The van der Waals surface area contributed by atoms with Gasteiger partial charge >= 0.3 is 0 Å². The molecule has 1 saturated carbocycles. The van der Waals surface area contributed by atoms with E-state index in [0.717, 1.165) is 50.0 Å². The fourth-order valence-electron chi connectivity index (χ4n) is 8.37. The van der Waals surface area contributed by atoms with Gasteiger partial charge in [-0.15, -0.1) is 4.36 Å². The number of halogens is 1. The molecule has 290 valence electrons. The Bertz CT molecular complexity index is 2040. The highest BCUT2D eigenvalue weighted by Crippen LogP contribution is 2.42. The quantitative estimate of drug-likeness (QED) is 0.274. The van der Waals surface area contributed by atoms with E-state index < -0.39 is 21.7 Å². The number of fused-ring (bicyclic) bond motifs is 4. The number of hydrogen-bond acceptors (Lipinski definition) is 8. The van der Waals surface area contributed by atoms with Crippen molar-refractivity contribution in [2.75, 3.05) is 45.1 Å². The van der Waals surface area contributed by atoms with Crippen molar-refractivity contribution in [3.05, 3.63) is 87.7 Å². The molecule has 2 amide bonds. The van der Waals surface area contributed by atoms with Gasteiger partial charge in [0.25, 0.3) is 11.8 Å². The average molecular weight is 779 g/mol. The number of carbonyl (C=O) groups is 2. The lowest BCUT2D eigenvalue weighted by Crippen LogP contribution is -2.43. The van der Waals surface area contributed by atoms with Gasteiger partial charge in [0.15, 0.2) is 5.75 Å². The van der Waals surface area contributed by atoms with E-state index in [9.17, 15) is 13.8 Å². The van der Waals surface area contributed by atoms with Crippen LogP contribution in [0.3, 0.4) is 0 Å². The van der Waals surface area contributed by atoms with Crippen LogP contribution in [-0.4, -0.2) is 73.0 Å². The molecule has 3 aliphatic heterocycles. The highest BCUT2D eigenvalue weighted by molar-refractivity contribution is 7.92. The molecule has 7 rings (SSSR count). The second-order valence-corrected chi connectivity index (χ2v) is 17.6. The largest absolute Gasteiger partial charge is 0.494 e. The molecule has 2 aromatic carbocycles. The SMILES string of the molecule is COc1c(C(=O)NS2(=O)=NC(=O)c3ccc4c(c3)N(Cc3ccc(Cl)cc3CCCCO4)C[C@@H]3CC[C@H]3[C@@H](OC)/C=C/C[C@H](C)C2)cn2c1C[C@H](OC)C2. The van der Waals surface area contributed by atoms with Crippen LogP contribution in [0.15, 0.2) is 59.1 Å². The van der Waals surface area contributed by atoms with E-state index in [0.29, 0.717) is 60.9 Å². The molecule has 1 unspecified atom stereocenters. The van der Waals surface area contributed by atoms with E-state index in [1.54, 1.807) is 32.5 Å². The van der Waals surface area contributed by atoms with E-state index in [-0.39, 0.29) is 35.0 Å². The Balaban J connectivity index is 1.30. The number of anilines is 1. The molecule has 6 atom stereocenters. The van der Waals surface area contributed by atoms with Crippen molar-refractivity contribution in [3.63, 3.8) is 0 Å². The van der Waals surface area contributed by atoms with Gasteiger partial charge in [0, 0.05) is 57.1 Å². The summed E-state index contributed by atoms with van der Waals surface area (Å²) in [6.07, 6.45) is 11.7. The predicted octanol–water partition coefficient (Wildman–Crippen LogP) is 7.03. The zero-order valence-electron chi connectivity index (χ0n) is 31.6. The molecule has 1 aliphatic carbocycles. The monoisotopic (exact) mass is 778 g/mol. The summed E-state index contributed by atoms with van der Waals surface area (Å²) in [5.41, 5.74) is 4.48. The average Bonchev–Trinajstić information content (AvgIpc) is 3.69. The van der Waals surface area contributed by atoms with Crippen molar-refractivity contribution in [1.29, 1.82) is 0 Å². The van der Waals surface area contributed by atoms with Crippen LogP contribution < -0.4 is 19.1 Å². The van der Waals surface area contributed by atoms with Gasteiger partial charge in [0.2, 0.25) is 0 Å². The molecule has 1 fully saturated rings. The van der Waals surface area contributed by atoms with Gasteiger partial charge in [0.05, 0.1) is 43.1 Å². The fourth-order valence-corrected chi connectivity index (χ4v) is 10.5. The molecule has 1 N–H and O–H groups in total. The number of nitrogens with zero attached hydrogens (tertiary/aromatic N) is 3. The molecule has 1 aromatic heterocycles. The number of rotatable bonds is 5. The number of carbonyl (C=O) groups excluding carboxylic acids is 2. The third-order valence-corrected chi connectivity index (χ3v) is 13.6. The van der Waals surface area contributed by atoms with Gasteiger partial charge in [0.1, 0.15) is 21.2 Å². The summed E-state index contributed by atoms with van der Waals surface area (Å²) in [5.74, 6) is 0.246. The fraction of sp³-hybridized carbons (Fsp3) is 0.512. The first-order valence-electron chi connectivity index (χ1n) is 19.0. The molecule has 0 radical (unpaired) electrons. The van der Waals surface area contributed by atoms with Gasteiger partial charge in [-0.05, 0) is 97.7 Å². The third-order valence-electron chi connectivity index (χ3n) is 11.4. The summed E-state index contributed by atoms with van der Waals surface area (Å²) in [7, 11) is 1.30. The Labute approximate surface area is 323 Å². The lowest BCUT2D eigenvalue weighted by Gasteiger charge is -2.43. The van der Waals surface area contributed by atoms with Gasteiger partial charge in [-0.2, -0.15) is 0 Å². The number of allylic oxidation sites excluding steroid dienone is 1. The van der Waals surface area contributed by atoms with Crippen LogP contribution in [0.1, 0.15) is 76.6 Å². The van der Waals surface area contributed by atoms with E-state index >= 15 is 0 Å². The van der Waals surface area contributed by atoms with Gasteiger partial charge in [-0.3, -0.25) is 14.3 Å². The molecule has 4 aliphatic rings. The first-order chi connectivity index (χ1) is 26.1. The smallest absolute Gasteiger partial charge is 0.286 e. The Morgan fingerprint density at radius 1 is 1.06 bits per heavy atom. The molecular weight excluding hydrogens is 728 g/mol. The number of benzene rings is 2. The minimum atomic E-state index is -3.62. The minimum Gasteiger partial charge on any atom is -0.494 e. The van der Waals surface area contributed by atoms with Gasteiger partial charge < -0.3 is 28.4 Å². The van der Waals surface area contributed by atoms with Crippen LogP contribution in [-0.2, 0) is 45.3 Å². The van der Waals surface area contributed by atoms with Crippen LogP contribution in [0.2, 0.25) is 5.02 Å². The summed E-state index contributed by atoms with van der Waals surface area (Å²) in [4.78, 5) is 30.4. The number of hydrogen-bond donors (Lipinski definition) is 1. The topological polar surface area (TPSA) is 121 Å². The molecule has 2 bridgehead atoms. The Kier molecular flexibility index (Phi) is 11.7. The van der Waals surface area contributed by atoms with Crippen LogP contribution >= 0.6 is 11.6 Å². The number of nitrogens with one attached hydrogen (secondary N) is 1. The predicted molar refractivity (Wildman–Crippen MR) is 210 cm³/mol. The highest BCUT2D eigenvalue weighted by Gasteiger charge is 2.38. The Morgan fingerprint density at radius 2 is 1.91 bits per heavy atom. The lowest BCUT2D eigenvalue weighted by atomic mass is 9.70. The molecule has 3 aromatic rings. The second-order valence-electron chi connectivity index (χ2n) is 15.1. The van der Waals surface area contributed by atoms with Crippen LogP contribution in [0, 0.1) is 17.8 Å². The van der Waals surface area contributed by atoms with Crippen molar-refractivity contribution in [2.45, 2.75) is 77.2 Å². The molecule has 0 spiro atoms. The van der Waals surface area contributed by atoms with Crippen molar-refractivity contribution < 1.29 is 32.7 Å². The maximum absolute atomic E-state index is 14.8. The molecule has 0 saturated heterocycles. The maximum Gasteiger partial charge on any atom is 0.286 e. The standard InChI is InChI=1S/C41H51ClN4O7S/c1-26-8-7-10-37(51-3)33-15-12-30(33)22-45-21-29-11-14-31(42)18-27(29)9-5-6-17-53-38-16-13-28(19-35(38)45)40(47)43-54(49,25-26)44-41(48)34-24-46-23-32(50-2)20-36(46)39(34)52-4/h7,10-11,13-14,16,18-19,24,26,30,32-33,37H,5-6,8-9,12,15,17,20-23,25H2,1-4H3,(H,43,44,47,48,49)/b10-7+/t26-,30-,32-,33+,37-,54?/m0/s1. The first kappa shape index (κ1) is 38.4. The van der Waals surface area contributed by atoms with Crippen molar-refractivity contribution >= 4 is 39.0 Å². The van der Waals surface area contributed by atoms with E-state index in [4.69, 9.17) is 30.5 Å².